The van der Waals surface area contributed by atoms with Crippen LogP contribution in [0.5, 0.6) is 0 Å². The topological polar surface area (TPSA) is 73.8 Å². The van der Waals surface area contributed by atoms with Gasteiger partial charge in [0.1, 0.15) is 18.0 Å². The van der Waals surface area contributed by atoms with Gasteiger partial charge in [-0.3, -0.25) is 4.79 Å². The van der Waals surface area contributed by atoms with Crippen LogP contribution < -0.4 is 10.2 Å². The highest BCUT2D eigenvalue weighted by molar-refractivity contribution is 5.82. The number of rotatable bonds is 4. The van der Waals surface area contributed by atoms with Crippen molar-refractivity contribution in [2.24, 2.45) is 0 Å². The number of ether oxygens (including phenoxy) is 1. The van der Waals surface area contributed by atoms with E-state index in [1.54, 1.807) is 4.90 Å². The van der Waals surface area contributed by atoms with Crippen molar-refractivity contribution in [2.45, 2.75) is 6.10 Å². The monoisotopic (exact) mass is 320 g/mol. The normalized spacial score (nSPS) is 23.2. The van der Waals surface area contributed by atoms with E-state index in [0.29, 0.717) is 19.6 Å². The molecule has 2 aliphatic rings. The van der Waals surface area contributed by atoms with E-state index in [9.17, 15) is 4.79 Å². The molecule has 0 spiro atoms. The second-order valence-electron chi connectivity index (χ2n) is 6.13. The van der Waals surface area contributed by atoms with Gasteiger partial charge in [-0.2, -0.15) is 0 Å². The van der Waals surface area contributed by atoms with Crippen LogP contribution in [-0.2, 0) is 9.53 Å². The minimum Gasteiger partial charge on any atom is -0.374 e. The van der Waals surface area contributed by atoms with Gasteiger partial charge in [0.2, 0.25) is 5.91 Å². The smallest absolute Gasteiger partial charge is 0.241 e. The Morgan fingerprint density at radius 2 is 2.17 bits per heavy atom. The number of aromatic nitrogens is 2. The Hall–Kier alpha value is -1.93. The van der Waals surface area contributed by atoms with E-state index in [1.807, 2.05) is 18.0 Å². The van der Waals surface area contributed by atoms with Crippen LogP contribution in [0, 0.1) is 0 Å². The van der Waals surface area contributed by atoms with Crippen LogP contribution in [0.2, 0.25) is 0 Å². The molecule has 3 heterocycles. The quantitative estimate of drug-likeness (QED) is 0.801. The van der Waals surface area contributed by atoms with Gasteiger partial charge in [-0.25, -0.2) is 9.97 Å². The molecule has 8 nitrogen and oxygen atoms in total. The van der Waals surface area contributed by atoms with Gasteiger partial charge >= 0.3 is 0 Å². The number of carbonyl (C=O) groups is 1. The lowest BCUT2D eigenvalue weighted by molar-refractivity contribution is -0.129. The Bertz CT molecular complexity index is 555. The van der Waals surface area contributed by atoms with E-state index in [4.69, 9.17) is 4.74 Å². The van der Waals surface area contributed by atoms with Crippen molar-refractivity contribution in [1.29, 1.82) is 0 Å². The molecule has 1 atom stereocenters. The Kier molecular flexibility index (Phi) is 4.92. The number of amides is 1. The van der Waals surface area contributed by atoms with Crippen molar-refractivity contribution >= 4 is 17.5 Å². The van der Waals surface area contributed by atoms with Gasteiger partial charge in [-0.1, -0.05) is 0 Å². The lowest BCUT2D eigenvalue weighted by atomic mass is 10.3. The maximum atomic E-state index is 11.8. The van der Waals surface area contributed by atoms with E-state index in [2.05, 4.69) is 27.2 Å². The Balaban J connectivity index is 1.58. The standard InChI is InChI=1S/C15H24N6O2/c1-19-5-6-23-12(9-19)8-16-13-7-14(18-11-17-13)21-4-3-20(2)15(22)10-21/h7,11-12H,3-6,8-10H2,1-2H3,(H,16,17,18). The molecule has 0 aromatic carbocycles. The Labute approximate surface area is 136 Å². The Morgan fingerprint density at radius 1 is 1.30 bits per heavy atom. The zero-order valence-corrected chi connectivity index (χ0v) is 13.7. The molecule has 1 unspecified atom stereocenters. The molecule has 0 aliphatic carbocycles. The molecule has 2 aliphatic heterocycles. The van der Waals surface area contributed by atoms with Crippen LogP contribution in [0.25, 0.3) is 0 Å². The first-order chi connectivity index (χ1) is 11.1. The molecule has 2 saturated heterocycles. The predicted molar refractivity (Wildman–Crippen MR) is 87.6 cm³/mol. The van der Waals surface area contributed by atoms with Crippen molar-refractivity contribution in [3.8, 4) is 0 Å². The highest BCUT2D eigenvalue weighted by Gasteiger charge is 2.22. The molecule has 0 saturated carbocycles. The fraction of sp³-hybridized carbons (Fsp3) is 0.667. The van der Waals surface area contributed by atoms with Crippen molar-refractivity contribution in [2.75, 3.05) is 70.2 Å². The summed E-state index contributed by atoms with van der Waals surface area (Å²) in [5, 5.41) is 3.31. The first-order valence-electron chi connectivity index (χ1n) is 7.97. The number of nitrogens with zero attached hydrogens (tertiary/aromatic N) is 5. The van der Waals surface area contributed by atoms with Gasteiger partial charge in [0, 0.05) is 45.8 Å². The molecule has 1 aromatic rings. The summed E-state index contributed by atoms with van der Waals surface area (Å²) < 4.78 is 5.73. The van der Waals surface area contributed by atoms with Crippen molar-refractivity contribution in [3.05, 3.63) is 12.4 Å². The van der Waals surface area contributed by atoms with Gasteiger partial charge in [0.05, 0.1) is 19.3 Å². The molecule has 2 fully saturated rings. The van der Waals surface area contributed by atoms with Crippen molar-refractivity contribution < 1.29 is 9.53 Å². The molecule has 0 bridgehead atoms. The summed E-state index contributed by atoms with van der Waals surface area (Å²) in [7, 11) is 3.93. The zero-order valence-electron chi connectivity index (χ0n) is 13.7. The minimum atomic E-state index is 0.114. The molecule has 126 valence electrons. The fourth-order valence-electron chi connectivity index (χ4n) is 2.78. The van der Waals surface area contributed by atoms with E-state index in [1.165, 1.54) is 6.33 Å². The number of anilines is 2. The number of carbonyl (C=O) groups excluding carboxylic acids is 1. The molecule has 3 rings (SSSR count). The van der Waals surface area contributed by atoms with Crippen LogP contribution in [0.15, 0.2) is 12.4 Å². The molecule has 1 aromatic heterocycles. The van der Waals surface area contributed by atoms with Gasteiger partial charge in [0.25, 0.3) is 0 Å². The molecule has 23 heavy (non-hydrogen) atoms. The lowest BCUT2D eigenvalue weighted by Crippen LogP contribution is -2.48. The third-order valence-corrected chi connectivity index (χ3v) is 4.29. The summed E-state index contributed by atoms with van der Waals surface area (Å²) in [5.74, 6) is 1.66. The molecular formula is C15H24N6O2. The van der Waals surface area contributed by atoms with Gasteiger partial charge in [-0.15, -0.1) is 0 Å². The minimum absolute atomic E-state index is 0.114. The highest BCUT2D eigenvalue weighted by atomic mass is 16.5. The average molecular weight is 320 g/mol. The van der Waals surface area contributed by atoms with Crippen LogP contribution in [0.4, 0.5) is 11.6 Å². The largest absolute Gasteiger partial charge is 0.374 e. The van der Waals surface area contributed by atoms with Crippen LogP contribution in [-0.4, -0.2) is 91.7 Å². The summed E-state index contributed by atoms with van der Waals surface area (Å²) in [5.41, 5.74) is 0. The summed E-state index contributed by atoms with van der Waals surface area (Å²) in [4.78, 5) is 26.4. The SMILES string of the molecule is CN1CCOC(CNc2cc(N3CCN(C)C(=O)C3)ncn2)C1. The molecule has 8 heteroatoms. The van der Waals surface area contributed by atoms with Crippen molar-refractivity contribution in [1.82, 2.24) is 19.8 Å². The fourth-order valence-corrected chi connectivity index (χ4v) is 2.78. The number of nitrogens with one attached hydrogen (secondary N) is 1. The first-order valence-corrected chi connectivity index (χ1v) is 7.97. The van der Waals surface area contributed by atoms with E-state index >= 15 is 0 Å². The van der Waals surface area contributed by atoms with E-state index in [0.717, 1.165) is 37.9 Å². The molecule has 1 amide bonds. The number of hydrogen-bond acceptors (Lipinski definition) is 7. The number of piperazine rings is 1. The number of hydrogen-bond donors (Lipinski definition) is 1. The van der Waals surface area contributed by atoms with Gasteiger partial charge < -0.3 is 24.8 Å². The maximum absolute atomic E-state index is 11.8. The van der Waals surface area contributed by atoms with E-state index < -0.39 is 0 Å². The van der Waals surface area contributed by atoms with Crippen LogP contribution in [0.3, 0.4) is 0 Å². The second kappa shape index (κ2) is 7.10. The Morgan fingerprint density at radius 3 is 2.96 bits per heavy atom. The number of likely N-dealkylation sites (N-methyl/N-ethyl adjacent to an activating group) is 2. The third kappa shape index (κ3) is 4.08. The summed E-state index contributed by atoms with van der Waals surface area (Å²) in [6, 6.07) is 1.89. The average Bonchev–Trinajstić information content (AvgIpc) is 2.56. The van der Waals surface area contributed by atoms with Crippen LogP contribution in [0.1, 0.15) is 0 Å². The lowest BCUT2D eigenvalue weighted by Gasteiger charge is -2.33. The van der Waals surface area contributed by atoms with E-state index in [-0.39, 0.29) is 12.0 Å². The molecule has 1 N–H and O–H groups in total. The predicted octanol–water partition coefficient (Wildman–Crippen LogP) is -0.502. The molecule has 0 radical (unpaired) electrons. The summed E-state index contributed by atoms with van der Waals surface area (Å²) in [6.45, 7) is 5.24. The number of morpholine rings is 1. The highest BCUT2D eigenvalue weighted by Crippen LogP contribution is 2.16. The first kappa shape index (κ1) is 15.9. The summed E-state index contributed by atoms with van der Waals surface area (Å²) >= 11 is 0. The zero-order chi connectivity index (χ0) is 16.2. The molecular weight excluding hydrogens is 296 g/mol. The second-order valence-corrected chi connectivity index (χ2v) is 6.13. The summed E-state index contributed by atoms with van der Waals surface area (Å²) in [6.07, 6.45) is 1.70. The van der Waals surface area contributed by atoms with Crippen molar-refractivity contribution in [3.63, 3.8) is 0 Å². The van der Waals surface area contributed by atoms with Gasteiger partial charge in [-0.05, 0) is 7.05 Å². The van der Waals surface area contributed by atoms with Gasteiger partial charge in [0.15, 0.2) is 0 Å². The third-order valence-electron chi connectivity index (χ3n) is 4.29. The maximum Gasteiger partial charge on any atom is 0.241 e. The van der Waals surface area contributed by atoms with Crippen LogP contribution >= 0.6 is 0 Å².